The van der Waals surface area contributed by atoms with Crippen molar-refractivity contribution in [3.05, 3.63) is 35.4 Å². The molecular weight excluding hydrogens is 400 g/mol. The third kappa shape index (κ3) is 7.20. The Kier molecular flexibility index (Phi) is 9.36. The van der Waals surface area contributed by atoms with E-state index < -0.39 is 0 Å². The fraction of sp³-hybridized carbons (Fsp3) is 0.680. The Hall–Kier alpha value is -2.12. The molecule has 0 radical (unpaired) electrons. The van der Waals surface area contributed by atoms with Gasteiger partial charge >= 0.3 is 0 Å². The maximum Gasteiger partial charge on any atom is 0.243 e. The van der Waals surface area contributed by atoms with Gasteiger partial charge in [0, 0.05) is 52.4 Å². The summed E-state index contributed by atoms with van der Waals surface area (Å²) >= 11 is 0. The highest BCUT2D eigenvalue weighted by Gasteiger charge is 2.24. The van der Waals surface area contributed by atoms with Crippen LogP contribution in [-0.4, -0.2) is 92.0 Å². The first-order valence-corrected chi connectivity index (χ1v) is 12.2. The van der Waals surface area contributed by atoms with E-state index in [1.54, 1.807) is 19.0 Å². The SMILES string of the molecule is CCN1CCCC1CNC(=NCC(=O)N(C)C)NC1CCN(Cc2ccccc2C)CC1. The molecule has 7 nitrogen and oxygen atoms in total. The van der Waals surface area contributed by atoms with Crippen LogP contribution in [0.4, 0.5) is 0 Å². The summed E-state index contributed by atoms with van der Waals surface area (Å²) in [6, 6.07) is 9.59. The molecule has 3 rings (SSSR count). The minimum Gasteiger partial charge on any atom is -0.355 e. The highest BCUT2D eigenvalue weighted by molar-refractivity contribution is 5.85. The first-order chi connectivity index (χ1) is 15.5. The summed E-state index contributed by atoms with van der Waals surface area (Å²) in [4.78, 5) is 23.4. The van der Waals surface area contributed by atoms with Crippen LogP contribution < -0.4 is 10.6 Å². The fourth-order valence-corrected chi connectivity index (χ4v) is 4.65. The van der Waals surface area contributed by atoms with Crippen LogP contribution in [0.2, 0.25) is 0 Å². The van der Waals surface area contributed by atoms with Crippen LogP contribution in [0, 0.1) is 6.92 Å². The fourth-order valence-electron chi connectivity index (χ4n) is 4.65. The molecule has 1 aromatic carbocycles. The number of likely N-dealkylation sites (tertiary alicyclic amines) is 2. The number of carbonyl (C=O) groups is 1. The summed E-state index contributed by atoms with van der Waals surface area (Å²) in [5.74, 6) is 0.802. The molecule has 2 N–H and O–H groups in total. The molecule has 2 heterocycles. The van der Waals surface area contributed by atoms with Crippen LogP contribution in [0.1, 0.15) is 43.7 Å². The van der Waals surface area contributed by atoms with Crippen LogP contribution in [0.5, 0.6) is 0 Å². The molecule has 0 aliphatic carbocycles. The minimum absolute atomic E-state index is 0.0233. The molecule has 1 aromatic rings. The predicted molar refractivity (Wildman–Crippen MR) is 132 cm³/mol. The molecule has 2 fully saturated rings. The number of carbonyl (C=O) groups excluding carboxylic acids is 1. The standard InChI is InChI=1S/C25H42N6O/c1-5-31-14-8-11-23(31)17-26-25(27-18-24(32)29(3)4)28-22-12-15-30(16-13-22)19-21-10-7-6-9-20(21)2/h6-7,9-10,22-23H,5,8,11-19H2,1-4H3,(H2,26,27,28). The number of nitrogens with one attached hydrogen (secondary N) is 2. The van der Waals surface area contributed by atoms with Crippen molar-refractivity contribution >= 4 is 11.9 Å². The van der Waals surface area contributed by atoms with Crippen LogP contribution in [0.3, 0.4) is 0 Å². The summed E-state index contributed by atoms with van der Waals surface area (Å²) in [5.41, 5.74) is 2.78. The van der Waals surface area contributed by atoms with Gasteiger partial charge in [-0.2, -0.15) is 0 Å². The second-order valence-corrected chi connectivity index (χ2v) is 9.38. The molecule has 0 spiro atoms. The average Bonchev–Trinajstić information content (AvgIpc) is 3.25. The number of nitrogens with zero attached hydrogens (tertiary/aromatic N) is 4. The van der Waals surface area contributed by atoms with Gasteiger partial charge in [-0.15, -0.1) is 0 Å². The van der Waals surface area contributed by atoms with Crippen molar-refractivity contribution < 1.29 is 4.79 Å². The summed E-state index contributed by atoms with van der Waals surface area (Å²) in [5, 5.41) is 7.16. The van der Waals surface area contributed by atoms with Gasteiger partial charge in [-0.3, -0.25) is 14.6 Å². The van der Waals surface area contributed by atoms with Gasteiger partial charge in [0.1, 0.15) is 6.54 Å². The van der Waals surface area contributed by atoms with E-state index in [2.05, 4.69) is 63.5 Å². The van der Waals surface area contributed by atoms with Crippen molar-refractivity contribution in [1.29, 1.82) is 0 Å². The Morgan fingerprint density at radius 2 is 1.91 bits per heavy atom. The first kappa shape index (κ1) is 24.5. The molecule has 7 heteroatoms. The molecule has 0 saturated carbocycles. The van der Waals surface area contributed by atoms with Gasteiger partial charge < -0.3 is 15.5 Å². The number of rotatable bonds is 8. The van der Waals surface area contributed by atoms with Crippen LogP contribution in [0.15, 0.2) is 29.3 Å². The largest absolute Gasteiger partial charge is 0.355 e. The van der Waals surface area contributed by atoms with E-state index in [1.807, 2.05) is 0 Å². The van der Waals surface area contributed by atoms with Gasteiger partial charge in [0.25, 0.3) is 0 Å². The van der Waals surface area contributed by atoms with Gasteiger partial charge in [-0.25, -0.2) is 4.99 Å². The maximum absolute atomic E-state index is 12.1. The zero-order valence-electron chi connectivity index (χ0n) is 20.4. The van der Waals surface area contributed by atoms with Crippen LogP contribution in [-0.2, 0) is 11.3 Å². The predicted octanol–water partition coefficient (Wildman–Crippen LogP) is 2.07. The number of guanidine groups is 1. The summed E-state index contributed by atoms with van der Waals surface area (Å²) < 4.78 is 0. The molecular formula is C25H42N6O. The Balaban J connectivity index is 1.52. The third-order valence-electron chi connectivity index (χ3n) is 6.87. The quantitative estimate of drug-likeness (QED) is 0.477. The zero-order valence-corrected chi connectivity index (χ0v) is 20.4. The maximum atomic E-state index is 12.1. The van der Waals surface area contributed by atoms with Gasteiger partial charge in [0.2, 0.25) is 5.91 Å². The molecule has 1 atom stereocenters. The average molecular weight is 443 g/mol. The molecule has 0 aromatic heterocycles. The van der Waals surface area contributed by atoms with Crippen LogP contribution >= 0.6 is 0 Å². The topological polar surface area (TPSA) is 63.2 Å². The highest BCUT2D eigenvalue weighted by atomic mass is 16.2. The highest BCUT2D eigenvalue weighted by Crippen LogP contribution is 2.17. The summed E-state index contributed by atoms with van der Waals surface area (Å²) in [6.07, 6.45) is 4.65. The van der Waals surface area contributed by atoms with Gasteiger partial charge in [-0.1, -0.05) is 31.2 Å². The van der Waals surface area contributed by atoms with E-state index in [4.69, 9.17) is 0 Å². The first-order valence-electron chi connectivity index (χ1n) is 12.2. The van der Waals surface area contributed by atoms with E-state index in [0.29, 0.717) is 12.1 Å². The Labute approximate surface area is 194 Å². The van der Waals surface area contributed by atoms with E-state index in [0.717, 1.165) is 51.5 Å². The van der Waals surface area contributed by atoms with Crippen molar-refractivity contribution in [3.8, 4) is 0 Å². The number of hydrogen-bond acceptors (Lipinski definition) is 4. The van der Waals surface area contributed by atoms with Crippen molar-refractivity contribution in [2.45, 2.75) is 58.2 Å². The van der Waals surface area contributed by atoms with Crippen molar-refractivity contribution in [1.82, 2.24) is 25.3 Å². The lowest BCUT2D eigenvalue weighted by Gasteiger charge is -2.33. The summed E-state index contributed by atoms with van der Waals surface area (Å²) in [7, 11) is 3.56. The van der Waals surface area contributed by atoms with Gasteiger partial charge in [-0.05, 0) is 56.8 Å². The molecule has 2 saturated heterocycles. The zero-order chi connectivity index (χ0) is 22.9. The molecule has 178 valence electrons. The van der Waals surface area contributed by atoms with Crippen LogP contribution in [0.25, 0.3) is 0 Å². The number of aliphatic imine (C=N–C) groups is 1. The Morgan fingerprint density at radius 3 is 2.59 bits per heavy atom. The lowest BCUT2D eigenvalue weighted by molar-refractivity contribution is -0.127. The molecule has 2 aliphatic rings. The van der Waals surface area contributed by atoms with E-state index in [9.17, 15) is 4.79 Å². The third-order valence-corrected chi connectivity index (χ3v) is 6.87. The Bertz CT molecular complexity index is 757. The molecule has 2 aliphatic heterocycles. The molecule has 1 amide bonds. The minimum atomic E-state index is 0.0233. The van der Waals surface area contributed by atoms with E-state index in [1.165, 1.54) is 30.5 Å². The molecule has 1 unspecified atom stereocenters. The van der Waals surface area contributed by atoms with Crippen molar-refractivity contribution in [2.24, 2.45) is 4.99 Å². The second kappa shape index (κ2) is 12.2. The van der Waals surface area contributed by atoms with Crippen molar-refractivity contribution in [3.63, 3.8) is 0 Å². The summed E-state index contributed by atoms with van der Waals surface area (Å²) in [6.45, 7) is 10.9. The van der Waals surface area contributed by atoms with E-state index >= 15 is 0 Å². The molecule has 0 bridgehead atoms. The lowest BCUT2D eigenvalue weighted by Crippen LogP contribution is -2.51. The molecule has 32 heavy (non-hydrogen) atoms. The smallest absolute Gasteiger partial charge is 0.243 e. The number of aryl methyl sites for hydroxylation is 1. The number of hydrogen-bond donors (Lipinski definition) is 2. The van der Waals surface area contributed by atoms with E-state index in [-0.39, 0.29) is 12.5 Å². The van der Waals surface area contributed by atoms with Gasteiger partial charge in [0.05, 0.1) is 0 Å². The Morgan fingerprint density at radius 1 is 1.16 bits per heavy atom. The monoisotopic (exact) mass is 442 g/mol. The number of benzene rings is 1. The van der Waals surface area contributed by atoms with Crippen molar-refractivity contribution in [2.75, 3.05) is 53.4 Å². The number of likely N-dealkylation sites (N-methyl/N-ethyl adjacent to an activating group) is 2. The second-order valence-electron chi connectivity index (χ2n) is 9.38. The number of amides is 1. The van der Waals surface area contributed by atoms with Gasteiger partial charge in [0.15, 0.2) is 5.96 Å². The normalized spacial score (nSPS) is 21.0. The number of piperidine rings is 1. The lowest BCUT2D eigenvalue weighted by atomic mass is 10.0.